The molecule has 0 N–H and O–H groups in total. The molecule has 76 valence electrons. The second kappa shape index (κ2) is 2.32. The van der Waals surface area contributed by atoms with Crippen LogP contribution in [0.3, 0.4) is 0 Å². The lowest BCUT2D eigenvalue weighted by Crippen LogP contribution is -2.31. The summed E-state index contributed by atoms with van der Waals surface area (Å²) in [7, 11) is 0. The largest absolute Gasteiger partial charge is 0.299 e. The van der Waals surface area contributed by atoms with Crippen molar-refractivity contribution in [2.75, 3.05) is 0 Å². The van der Waals surface area contributed by atoms with Gasteiger partial charge in [0.05, 0.1) is 0 Å². The molecule has 5 atom stereocenters. The SMILES string of the molecule is C=C(C)CC1(C)C(=O)C2C3CCC1C32. The number of rotatable bonds is 2. The lowest BCUT2D eigenvalue weighted by Gasteiger charge is -2.30. The normalized spacial score (nSPS) is 53.4. The molecule has 5 unspecified atom stereocenters. The first-order valence-electron chi connectivity index (χ1n) is 5.74. The fourth-order valence-electron chi connectivity index (χ4n) is 4.41. The zero-order chi connectivity index (χ0) is 10.1. The molecule has 1 nitrogen and oxygen atoms in total. The van der Waals surface area contributed by atoms with Crippen LogP contribution in [0.4, 0.5) is 0 Å². The molecular weight excluding hydrogens is 172 g/mol. The van der Waals surface area contributed by atoms with E-state index in [2.05, 4.69) is 20.4 Å². The maximum atomic E-state index is 12.2. The number of hydrogen-bond acceptors (Lipinski definition) is 1. The summed E-state index contributed by atoms with van der Waals surface area (Å²) in [5.41, 5.74) is 1.14. The Hall–Kier alpha value is -0.590. The number of allylic oxidation sites excluding steroid dienone is 1. The fourth-order valence-corrected chi connectivity index (χ4v) is 4.41. The van der Waals surface area contributed by atoms with Crippen LogP contribution in [0, 0.1) is 29.1 Å². The predicted octanol–water partition coefficient (Wildman–Crippen LogP) is 2.81. The Morgan fingerprint density at radius 2 is 2.29 bits per heavy atom. The molecule has 0 saturated heterocycles. The van der Waals surface area contributed by atoms with Gasteiger partial charge in [-0.1, -0.05) is 12.5 Å². The van der Waals surface area contributed by atoms with E-state index in [0.29, 0.717) is 17.6 Å². The second-order valence-electron chi connectivity index (χ2n) is 5.87. The van der Waals surface area contributed by atoms with E-state index in [1.807, 2.05) is 0 Å². The van der Waals surface area contributed by atoms with E-state index in [-0.39, 0.29) is 5.41 Å². The van der Waals surface area contributed by atoms with Crippen molar-refractivity contribution >= 4 is 5.78 Å². The van der Waals surface area contributed by atoms with Crippen LogP contribution in [-0.4, -0.2) is 5.78 Å². The van der Waals surface area contributed by atoms with Crippen molar-refractivity contribution in [2.45, 2.75) is 33.1 Å². The minimum absolute atomic E-state index is 0.0336. The quantitative estimate of drug-likeness (QED) is 0.612. The molecule has 0 aromatic heterocycles. The molecule has 0 aliphatic heterocycles. The van der Waals surface area contributed by atoms with Crippen molar-refractivity contribution < 1.29 is 4.79 Å². The molecule has 3 aliphatic rings. The van der Waals surface area contributed by atoms with Crippen molar-refractivity contribution in [1.29, 1.82) is 0 Å². The third-order valence-electron chi connectivity index (χ3n) is 4.86. The van der Waals surface area contributed by atoms with Crippen molar-refractivity contribution in [3.05, 3.63) is 12.2 Å². The van der Waals surface area contributed by atoms with Crippen molar-refractivity contribution in [3.8, 4) is 0 Å². The second-order valence-corrected chi connectivity index (χ2v) is 5.87. The first-order valence-corrected chi connectivity index (χ1v) is 5.74. The Morgan fingerprint density at radius 1 is 1.57 bits per heavy atom. The molecule has 1 heteroatoms. The van der Waals surface area contributed by atoms with E-state index >= 15 is 0 Å². The molecule has 0 spiro atoms. The summed E-state index contributed by atoms with van der Waals surface area (Å²) in [5.74, 6) is 3.32. The van der Waals surface area contributed by atoms with Gasteiger partial charge in [-0.15, -0.1) is 6.58 Å². The average Bonchev–Trinajstić information content (AvgIpc) is 2.56. The number of ketones is 1. The van der Waals surface area contributed by atoms with Crippen molar-refractivity contribution in [2.24, 2.45) is 29.1 Å². The Kier molecular flexibility index (Phi) is 1.44. The molecule has 0 aromatic rings. The van der Waals surface area contributed by atoms with Crippen LogP contribution in [0.5, 0.6) is 0 Å². The molecule has 0 bridgehead atoms. The monoisotopic (exact) mass is 190 g/mol. The minimum Gasteiger partial charge on any atom is -0.299 e. The van der Waals surface area contributed by atoms with Crippen LogP contribution in [-0.2, 0) is 4.79 Å². The van der Waals surface area contributed by atoms with Crippen LogP contribution < -0.4 is 0 Å². The Morgan fingerprint density at radius 3 is 2.86 bits per heavy atom. The number of fused-ring (bicyclic) bond motifs is 1. The van der Waals surface area contributed by atoms with E-state index in [9.17, 15) is 4.79 Å². The molecule has 0 amide bonds. The molecule has 0 aromatic carbocycles. The lowest BCUT2D eigenvalue weighted by atomic mass is 9.72. The lowest BCUT2D eigenvalue weighted by molar-refractivity contribution is -0.128. The van der Waals surface area contributed by atoms with Crippen LogP contribution in [0.1, 0.15) is 33.1 Å². The summed E-state index contributed by atoms with van der Waals surface area (Å²) < 4.78 is 0. The summed E-state index contributed by atoms with van der Waals surface area (Å²) in [6.07, 6.45) is 3.54. The third-order valence-corrected chi connectivity index (χ3v) is 4.86. The van der Waals surface area contributed by atoms with Crippen molar-refractivity contribution in [1.82, 2.24) is 0 Å². The highest BCUT2D eigenvalue weighted by molar-refractivity contribution is 5.94. The van der Waals surface area contributed by atoms with Gasteiger partial charge >= 0.3 is 0 Å². The molecule has 14 heavy (non-hydrogen) atoms. The van der Waals surface area contributed by atoms with E-state index < -0.39 is 0 Å². The van der Waals surface area contributed by atoms with Gasteiger partial charge in [-0.2, -0.15) is 0 Å². The highest BCUT2D eigenvalue weighted by atomic mass is 16.1. The Balaban J connectivity index is 1.93. The van der Waals surface area contributed by atoms with Gasteiger partial charge in [-0.05, 0) is 43.9 Å². The van der Waals surface area contributed by atoms with Gasteiger partial charge in [0.15, 0.2) is 0 Å². The standard InChI is InChI=1S/C13H18O/c1-7(2)6-13(3)9-5-4-8-10(9)11(8)12(13)14/h8-11H,1,4-6H2,2-3H3. The summed E-state index contributed by atoms with van der Waals surface area (Å²) in [6, 6.07) is 0. The first-order chi connectivity index (χ1) is 6.55. The number of hydrogen-bond donors (Lipinski definition) is 0. The van der Waals surface area contributed by atoms with Gasteiger partial charge < -0.3 is 0 Å². The summed E-state index contributed by atoms with van der Waals surface area (Å²) in [4.78, 5) is 12.2. The maximum absolute atomic E-state index is 12.2. The van der Waals surface area contributed by atoms with Crippen LogP contribution in [0.15, 0.2) is 12.2 Å². The topological polar surface area (TPSA) is 17.1 Å². The van der Waals surface area contributed by atoms with Gasteiger partial charge in [0.25, 0.3) is 0 Å². The predicted molar refractivity (Wildman–Crippen MR) is 55.7 cm³/mol. The summed E-state index contributed by atoms with van der Waals surface area (Å²) >= 11 is 0. The van der Waals surface area contributed by atoms with E-state index in [1.165, 1.54) is 18.4 Å². The molecule has 0 radical (unpaired) electrons. The first kappa shape index (κ1) is 8.70. The molecule has 3 saturated carbocycles. The Bertz CT molecular complexity index is 330. The van der Waals surface area contributed by atoms with E-state index in [4.69, 9.17) is 0 Å². The van der Waals surface area contributed by atoms with Gasteiger partial charge in [0, 0.05) is 11.3 Å². The Labute approximate surface area is 85.6 Å². The molecule has 3 fully saturated rings. The maximum Gasteiger partial charge on any atom is 0.143 e. The van der Waals surface area contributed by atoms with Crippen LogP contribution in [0.25, 0.3) is 0 Å². The average molecular weight is 190 g/mol. The van der Waals surface area contributed by atoms with Crippen LogP contribution in [0.2, 0.25) is 0 Å². The zero-order valence-corrected chi connectivity index (χ0v) is 9.05. The smallest absolute Gasteiger partial charge is 0.143 e. The molecule has 3 rings (SSSR count). The molecule has 3 aliphatic carbocycles. The van der Waals surface area contributed by atoms with Crippen molar-refractivity contribution in [3.63, 3.8) is 0 Å². The zero-order valence-electron chi connectivity index (χ0n) is 9.05. The highest BCUT2D eigenvalue weighted by Gasteiger charge is 2.73. The van der Waals surface area contributed by atoms with Gasteiger partial charge in [-0.25, -0.2) is 0 Å². The fraction of sp³-hybridized carbons (Fsp3) is 0.769. The van der Waals surface area contributed by atoms with E-state index in [0.717, 1.165) is 18.3 Å². The minimum atomic E-state index is -0.0336. The summed E-state index contributed by atoms with van der Waals surface area (Å²) in [5, 5.41) is 0. The summed E-state index contributed by atoms with van der Waals surface area (Å²) in [6.45, 7) is 8.20. The number of Topliss-reactive ketones (excluding diaryl/α,β-unsaturated/α-hetero) is 1. The van der Waals surface area contributed by atoms with Gasteiger partial charge in [0.2, 0.25) is 0 Å². The number of carbonyl (C=O) groups is 1. The van der Waals surface area contributed by atoms with Crippen LogP contribution >= 0.6 is 0 Å². The number of carbonyl (C=O) groups excluding carboxylic acids is 1. The van der Waals surface area contributed by atoms with Gasteiger partial charge in [0.1, 0.15) is 5.78 Å². The third kappa shape index (κ3) is 0.796. The van der Waals surface area contributed by atoms with Gasteiger partial charge in [-0.3, -0.25) is 4.79 Å². The molecular formula is C13H18O. The molecule has 0 heterocycles. The van der Waals surface area contributed by atoms with E-state index in [1.54, 1.807) is 0 Å². The highest BCUT2D eigenvalue weighted by Crippen LogP contribution is 2.73.